The van der Waals surface area contributed by atoms with E-state index in [-0.39, 0.29) is 5.56 Å². The fraction of sp³-hybridized carbons (Fsp3) is 0.0714. The van der Waals surface area contributed by atoms with E-state index in [2.05, 4.69) is 15.3 Å². The average molecular weight is 358 g/mol. The van der Waals surface area contributed by atoms with Gasteiger partial charge in [-0.25, -0.2) is 4.98 Å². The molecular weight excluding hydrogens is 351 g/mol. The van der Waals surface area contributed by atoms with E-state index in [1.807, 2.05) is 0 Å². The number of carbonyl (C=O) groups is 1. The van der Waals surface area contributed by atoms with Crippen LogP contribution in [0.1, 0.15) is 16.1 Å². The van der Waals surface area contributed by atoms with Gasteiger partial charge in [0, 0.05) is 11.2 Å². The Labute approximate surface area is 136 Å². The van der Waals surface area contributed by atoms with Crippen molar-refractivity contribution in [3.8, 4) is 0 Å². The van der Waals surface area contributed by atoms with Crippen LogP contribution < -0.4 is 5.32 Å². The molecule has 3 aromatic rings. The largest absolute Gasteiger partial charge is 0.433 e. The molecule has 1 aromatic carbocycles. The highest BCUT2D eigenvalue weighted by atomic mass is 35.5. The molecule has 118 valence electrons. The number of fused-ring (bicyclic) bond motifs is 1. The third-order valence-corrected chi connectivity index (χ3v) is 4.06. The van der Waals surface area contributed by atoms with E-state index in [0.29, 0.717) is 15.7 Å². The molecule has 1 N–H and O–H groups in total. The Bertz CT molecular complexity index is 877. The standard InChI is InChI=1S/C14H7ClF3N3OS/c15-8-2-3-9-10(5-8)23-13(20-9)21-12(22)7-1-4-11(19-6-7)14(16,17)18/h1-6H,(H,20,21,22). The first-order valence-electron chi connectivity index (χ1n) is 6.23. The molecule has 0 saturated carbocycles. The van der Waals surface area contributed by atoms with Crippen molar-refractivity contribution in [3.05, 3.63) is 52.8 Å². The maximum absolute atomic E-state index is 12.4. The zero-order valence-electron chi connectivity index (χ0n) is 11.2. The number of pyridine rings is 1. The van der Waals surface area contributed by atoms with Crippen LogP contribution in [0, 0.1) is 0 Å². The molecule has 2 heterocycles. The van der Waals surface area contributed by atoms with Crippen LogP contribution in [0.4, 0.5) is 18.3 Å². The highest BCUT2D eigenvalue weighted by Crippen LogP contribution is 2.29. The Kier molecular flexibility index (Phi) is 3.95. The summed E-state index contributed by atoms with van der Waals surface area (Å²) in [6.07, 6.45) is -3.66. The van der Waals surface area contributed by atoms with Crippen molar-refractivity contribution in [3.63, 3.8) is 0 Å². The molecular formula is C14H7ClF3N3OS. The number of anilines is 1. The van der Waals surface area contributed by atoms with Gasteiger partial charge in [-0.15, -0.1) is 0 Å². The lowest BCUT2D eigenvalue weighted by atomic mass is 10.2. The number of hydrogen-bond acceptors (Lipinski definition) is 4. The quantitative estimate of drug-likeness (QED) is 0.728. The minimum atomic E-state index is -4.54. The first-order valence-corrected chi connectivity index (χ1v) is 7.43. The van der Waals surface area contributed by atoms with E-state index in [1.165, 1.54) is 11.3 Å². The highest BCUT2D eigenvalue weighted by Gasteiger charge is 2.32. The molecule has 0 spiro atoms. The molecule has 2 aromatic heterocycles. The summed E-state index contributed by atoms with van der Waals surface area (Å²) in [6, 6.07) is 6.92. The summed E-state index contributed by atoms with van der Waals surface area (Å²) in [5.74, 6) is -0.587. The second-order valence-electron chi connectivity index (χ2n) is 4.52. The van der Waals surface area contributed by atoms with Crippen molar-refractivity contribution in [2.24, 2.45) is 0 Å². The van der Waals surface area contributed by atoms with E-state index in [0.717, 1.165) is 23.0 Å². The summed E-state index contributed by atoms with van der Waals surface area (Å²) in [6.45, 7) is 0. The summed E-state index contributed by atoms with van der Waals surface area (Å²) in [5, 5.41) is 3.40. The molecule has 0 saturated heterocycles. The lowest BCUT2D eigenvalue weighted by Crippen LogP contribution is -2.14. The third kappa shape index (κ3) is 3.43. The van der Waals surface area contributed by atoms with Crippen LogP contribution in [0.2, 0.25) is 5.02 Å². The van der Waals surface area contributed by atoms with Gasteiger partial charge in [-0.3, -0.25) is 15.1 Å². The van der Waals surface area contributed by atoms with E-state index < -0.39 is 17.8 Å². The van der Waals surface area contributed by atoms with Gasteiger partial charge in [-0.05, 0) is 30.3 Å². The summed E-state index contributed by atoms with van der Waals surface area (Å²) in [7, 11) is 0. The fourth-order valence-electron chi connectivity index (χ4n) is 1.82. The Morgan fingerprint density at radius 2 is 2.00 bits per heavy atom. The van der Waals surface area contributed by atoms with E-state index in [1.54, 1.807) is 18.2 Å². The first kappa shape index (κ1) is 15.7. The van der Waals surface area contributed by atoms with Crippen molar-refractivity contribution in [2.45, 2.75) is 6.18 Å². The van der Waals surface area contributed by atoms with Crippen LogP contribution >= 0.6 is 22.9 Å². The third-order valence-electron chi connectivity index (χ3n) is 2.89. The Morgan fingerprint density at radius 1 is 1.22 bits per heavy atom. The molecule has 0 radical (unpaired) electrons. The number of rotatable bonds is 2. The Balaban J connectivity index is 1.80. The topological polar surface area (TPSA) is 54.9 Å². The highest BCUT2D eigenvalue weighted by molar-refractivity contribution is 7.22. The van der Waals surface area contributed by atoms with Gasteiger partial charge in [-0.1, -0.05) is 22.9 Å². The number of nitrogens with one attached hydrogen (secondary N) is 1. The molecule has 0 aliphatic rings. The molecule has 3 rings (SSSR count). The summed E-state index contributed by atoms with van der Waals surface area (Å²) < 4.78 is 38.1. The van der Waals surface area contributed by atoms with Crippen molar-refractivity contribution in [1.82, 2.24) is 9.97 Å². The van der Waals surface area contributed by atoms with Crippen LogP contribution in [0.5, 0.6) is 0 Å². The van der Waals surface area contributed by atoms with Crippen LogP contribution in [-0.4, -0.2) is 15.9 Å². The zero-order chi connectivity index (χ0) is 16.6. The molecule has 1 amide bonds. The Hall–Kier alpha value is -2.19. The molecule has 0 aliphatic heterocycles. The number of thiazole rings is 1. The van der Waals surface area contributed by atoms with E-state index in [4.69, 9.17) is 11.6 Å². The van der Waals surface area contributed by atoms with E-state index >= 15 is 0 Å². The van der Waals surface area contributed by atoms with Gasteiger partial charge in [0.2, 0.25) is 0 Å². The second kappa shape index (κ2) is 5.78. The number of hydrogen-bond donors (Lipinski definition) is 1. The van der Waals surface area contributed by atoms with Crippen LogP contribution in [-0.2, 0) is 6.18 Å². The first-order chi connectivity index (χ1) is 10.8. The number of alkyl halides is 3. The van der Waals surface area contributed by atoms with Gasteiger partial charge in [0.15, 0.2) is 5.13 Å². The molecule has 0 unspecified atom stereocenters. The number of carbonyl (C=O) groups excluding carboxylic acids is 1. The lowest BCUT2D eigenvalue weighted by molar-refractivity contribution is -0.141. The minimum Gasteiger partial charge on any atom is -0.298 e. The number of amides is 1. The molecule has 0 atom stereocenters. The number of halogens is 4. The lowest BCUT2D eigenvalue weighted by Gasteiger charge is -2.06. The second-order valence-corrected chi connectivity index (χ2v) is 5.98. The molecule has 9 heteroatoms. The SMILES string of the molecule is O=C(Nc1nc2ccc(Cl)cc2s1)c1ccc(C(F)(F)F)nc1. The summed E-state index contributed by atoms with van der Waals surface area (Å²) in [4.78, 5) is 19.5. The fourth-order valence-corrected chi connectivity index (χ4v) is 2.95. The monoisotopic (exact) mass is 357 g/mol. The van der Waals surface area contributed by atoms with Crippen molar-refractivity contribution in [2.75, 3.05) is 5.32 Å². The molecule has 23 heavy (non-hydrogen) atoms. The molecule has 0 bridgehead atoms. The summed E-state index contributed by atoms with van der Waals surface area (Å²) in [5.41, 5.74) is -0.376. The van der Waals surface area contributed by atoms with Crippen LogP contribution in [0.25, 0.3) is 10.2 Å². The predicted molar refractivity (Wildman–Crippen MR) is 81.8 cm³/mol. The van der Waals surface area contributed by atoms with Gasteiger partial charge in [0.25, 0.3) is 5.91 Å². The van der Waals surface area contributed by atoms with E-state index in [9.17, 15) is 18.0 Å². The normalized spacial score (nSPS) is 11.7. The maximum atomic E-state index is 12.4. The zero-order valence-corrected chi connectivity index (χ0v) is 12.8. The minimum absolute atomic E-state index is 0.00953. The van der Waals surface area contributed by atoms with Gasteiger partial charge < -0.3 is 0 Å². The van der Waals surface area contributed by atoms with Crippen LogP contribution in [0.3, 0.4) is 0 Å². The van der Waals surface area contributed by atoms with Gasteiger partial charge in [0.1, 0.15) is 5.69 Å². The molecule has 0 aliphatic carbocycles. The van der Waals surface area contributed by atoms with Crippen molar-refractivity contribution in [1.29, 1.82) is 0 Å². The molecule has 4 nitrogen and oxygen atoms in total. The van der Waals surface area contributed by atoms with Crippen LogP contribution in [0.15, 0.2) is 36.5 Å². The van der Waals surface area contributed by atoms with Gasteiger partial charge in [-0.2, -0.15) is 13.2 Å². The summed E-state index contributed by atoms with van der Waals surface area (Å²) >= 11 is 7.09. The number of aromatic nitrogens is 2. The average Bonchev–Trinajstić information content (AvgIpc) is 2.87. The van der Waals surface area contributed by atoms with Gasteiger partial charge >= 0.3 is 6.18 Å². The molecule has 0 fully saturated rings. The number of nitrogens with zero attached hydrogens (tertiary/aromatic N) is 2. The van der Waals surface area contributed by atoms with Crippen molar-refractivity contribution >= 4 is 44.2 Å². The van der Waals surface area contributed by atoms with Gasteiger partial charge in [0.05, 0.1) is 15.8 Å². The van der Waals surface area contributed by atoms with Crippen molar-refractivity contribution < 1.29 is 18.0 Å². The maximum Gasteiger partial charge on any atom is 0.433 e. The smallest absolute Gasteiger partial charge is 0.298 e. The number of benzene rings is 1. The predicted octanol–water partition coefficient (Wildman–Crippen LogP) is 4.62. The Morgan fingerprint density at radius 3 is 2.65 bits per heavy atom.